The molecule has 0 unspecified atom stereocenters. The maximum atomic E-state index is 11.5. The standard InChI is InChI=1S/C11H15N3O4S/c1-8-5-10(18-14-8)7-13-6-9-3-4-11(17-9)19(15,16)12-2/h3-5,12-13H,6-7H2,1-2H3. The number of hydrogen-bond donors (Lipinski definition) is 2. The van der Waals surface area contributed by atoms with E-state index in [4.69, 9.17) is 8.94 Å². The minimum atomic E-state index is -3.52. The molecule has 0 aromatic carbocycles. The first-order chi connectivity index (χ1) is 9.01. The monoisotopic (exact) mass is 285 g/mol. The average molecular weight is 285 g/mol. The first-order valence-electron chi connectivity index (χ1n) is 5.66. The maximum absolute atomic E-state index is 11.5. The van der Waals surface area contributed by atoms with Crippen LogP contribution in [0.2, 0.25) is 0 Å². The summed E-state index contributed by atoms with van der Waals surface area (Å²) in [5.41, 5.74) is 0.817. The highest BCUT2D eigenvalue weighted by Gasteiger charge is 2.16. The molecule has 0 saturated carbocycles. The summed E-state index contributed by atoms with van der Waals surface area (Å²) in [6.45, 7) is 2.74. The number of sulfonamides is 1. The fourth-order valence-electron chi connectivity index (χ4n) is 1.51. The van der Waals surface area contributed by atoms with E-state index in [9.17, 15) is 8.42 Å². The molecule has 2 N–H and O–H groups in total. The molecular formula is C11H15N3O4S. The molecular weight excluding hydrogens is 270 g/mol. The molecule has 2 aromatic rings. The molecule has 104 valence electrons. The number of aromatic nitrogens is 1. The van der Waals surface area contributed by atoms with Gasteiger partial charge in [0.25, 0.3) is 10.0 Å². The Labute approximate surface area is 111 Å². The van der Waals surface area contributed by atoms with Gasteiger partial charge >= 0.3 is 0 Å². The van der Waals surface area contributed by atoms with Gasteiger partial charge in [-0.2, -0.15) is 0 Å². The van der Waals surface area contributed by atoms with Crippen LogP contribution in [0.15, 0.2) is 32.2 Å². The predicted molar refractivity (Wildman–Crippen MR) is 66.7 cm³/mol. The number of rotatable bonds is 6. The van der Waals surface area contributed by atoms with Crippen molar-refractivity contribution in [2.75, 3.05) is 7.05 Å². The molecule has 0 atom stereocenters. The van der Waals surface area contributed by atoms with E-state index in [1.807, 2.05) is 13.0 Å². The summed E-state index contributed by atoms with van der Waals surface area (Å²) in [5.74, 6) is 1.25. The fraction of sp³-hybridized carbons (Fsp3) is 0.364. The Bertz CT molecular complexity index is 644. The Morgan fingerprint density at radius 1 is 1.26 bits per heavy atom. The highest BCUT2D eigenvalue weighted by molar-refractivity contribution is 7.89. The molecule has 0 fully saturated rings. The van der Waals surface area contributed by atoms with Crippen molar-refractivity contribution in [3.8, 4) is 0 Å². The van der Waals surface area contributed by atoms with Crippen LogP contribution >= 0.6 is 0 Å². The second-order valence-electron chi connectivity index (χ2n) is 3.97. The van der Waals surface area contributed by atoms with E-state index in [0.29, 0.717) is 24.6 Å². The maximum Gasteiger partial charge on any atom is 0.273 e. The summed E-state index contributed by atoms with van der Waals surface area (Å²) in [5, 5.41) is 6.74. The molecule has 2 heterocycles. The Kier molecular flexibility index (Phi) is 4.03. The zero-order valence-corrected chi connectivity index (χ0v) is 11.5. The van der Waals surface area contributed by atoms with Crippen molar-refractivity contribution in [3.05, 3.63) is 35.4 Å². The molecule has 0 saturated heterocycles. The smallest absolute Gasteiger partial charge is 0.273 e. The van der Waals surface area contributed by atoms with Gasteiger partial charge in [0.1, 0.15) is 5.76 Å². The lowest BCUT2D eigenvalue weighted by atomic mass is 10.4. The van der Waals surface area contributed by atoms with Gasteiger partial charge in [0, 0.05) is 6.07 Å². The van der Waals surface area contributed by atoms with Gasteiger partial charge in [-0.3, -0.25) is 0 Å². The van der Waals surface area contributed by atoms with Gasteiger partial charge in [-0.05, 0) is 26.1 Å². The summed E-state index contributed by atoms with van der Waals surface area (Å²) < 4.78 is 35.4. The van der Waals surface area contributed by atoms with Gasteiger partial charge < -0.3 is 14.3 Å². The fourth-order valence-corrected chi connectivity index (χ4v) is 2.17. The predicted octanol–water partition coefficient (Wildman–Crippen LogP) is 0.774. The van der Waals surface area contributed by atoms with E-state index in [1.165, 1.54) is 13.1 Å². The van der Waals surface area contributed by atoms with Gasteiger partial charge in [0.05, 0.1) is 18.8 Å². The second kappa shape index (κ2) is 5.55. The van der Waals surface area contributed by atoms with E-state index in [1.54, 1.807) is 6.07 Å². The Hall–Kier alpha value is -1.64. The van der Waals surface area contributed by atoms with Crippen molar-refractivity contribution in [3.63, 3.8) is 0 Å². The molecule has 0 spiro atoms. The van der Waals surface area contributed by atoms with E-state index < -0.39 is 10.0 Å². The topological polar surface area (TPSA) is 97.4 Å². The number of nitrogens with one attached hydrogen (secondary N) is 2. The first-order valence-corrected chi connectivity index (χ1v) is 7.15. The molecule has 2 rings (SSSR count). The molecule has 8 heteroatoms. The van der Waals surface area contributed by atoms with Gasteiger partial charge in [-0.15, -0.1) is 0 Å². The molecule has 0 amide bonds. The number of furan rings is 1. The van der Waals surface area contributed by atoms with Crippen LogP contribution in [0.3, 0.4) is 0 Å². The second-order valence-corrected chi connectivity index (χ2v) is 5.78. The van der Waals surface area contributed by atoms with Crippen molar-refractivity contribution >= 4 is 10.0 Å². The molecule has 0 bridgehead atoms. The highest BCUT2D eigenvalue weighted by Crippen LogP contribution is 2.13. The lowest BCUT2D eigenvalue weighted by Gasteiger charge is -1.99. The molecule has 0 aliphatic heterocycles. The minimum Gasteiger partial charge on any atom is -0.447 e. The Morgan fingerprint density at radius 3 is 2.63 bits per heavy atom. The van der Waals surface area contributed by atoms with Crippen LogP contribution in [0.5, 0.6) is 0 Å². The number of nitrogens with zero attached hydrogens (tertiary/aromatic N) is 1. The van der Waals surface area contributed by atoms with Crippen molar-refractivity contribution in [2.24, 2.45) is 0 Å². The van der Waals surface area contributed by atoms with Crippen LogP contribution < -0.4 is 10.0 Å². The van der Waals surface area contributed by atoms with Gasteiger partial charge in [0.15, 0.2) is 5.76 Å². The molecule has 0 radical (unpaired) electrons. The quantitative estimate of drug-likeness (QED) is 0.813. The third-order valence-electron chi connectivity index (χ3n) is 2.45. The van der Waals surface area contributed by atoms with Crippen molar-refractivity contribution in [1.29, 1.82) is 0 Å². The summed E-state index contributed by atoms with van der Waals surface area (Å²) in [4.78, 5) is 0. The number of aryl methyl sites for hydroxylation is 1. The Morgan fingerprint density at radius 2 is 2.00 bits per heavy atom. The van der Waals surface area contributed by atoms with E-state index in [0.717, 1.165) is 5.69 Å². The normalized spacial score (nSPS) is 11.9. The highest BCUT2D eigenvalue weighted by atomic mass is 32.2. The zero-order valence-electron chi connectivity index (χ0n) is 10.6. The van der Waals surface area contributed by atoms with Crippen LogP contribution in [0.1, 0.15) is 17.2 Å². The zero-order chi connectivity index (χ0) is 13.9. The average Bonchev–Trinajstić information content (AvgIpc) is 2.99. The minimum absolute atomic E-state index is 0.0951. The summed E-state index contributed by atoms with van der Waals surface area (Å²) in [6, 6.07) is 4.86. The van der Waals surface area contributed by atoms with Crippen LogP contribution in [-0.2, 0) is 23.1 Å². The molecule has 7 nitrogen and oxygen atoms in total. The van der Waals surface area contributed by atoms with Crippen molar-refractivity contribution in [1.82, 2.24) is 15.2 Å². The van der Waals surface area contributed by atoms with Crippen molar-refractivity contribution < 1.29 is 17.4 Å². The number of hydrogen-bond acceptors (Lipinski definition) is 6. The molecule has 0 aliphatic rings. The lowest BCUT2D eigenvalue weighted by molar-refractivity contribution is 0.359. The van der Waals surface area contributed by atoms with Crippen LogP contribution in [-0.4, -0.2) is 20.6 Å². The summed E-state index contributed by atoms with van der Waals surface area (Å²) in [7, 11) is -2.19. The van der Waals surface area contributed by atoms with Crippen LogP contribution in [0, 0.1) is 6.92 Å². The van der Waals surface area contributed by atoms with Crippen LogP contribution in [0.25, 0.3) is 0 Å². The van der Waals surface area contributed by atoms with Gasteiger partial charge in [0.2, 0.25) is 5.09 Å². The Balaban J connectivity index is 1.90. The first kappa shape index (κ1) is 13.8. The summed E-state index contributed by atoms with van der Waals surface area (Å²) >= 11 is 0. The summed E-state index contributed by atoms with van der Waals surface area (Å²) in [6.07, 6.45) is 0. The van der Waals surface area contributed by atoms with Crippen LogP contribution in [0.4, 0.5) is 0 Å². The molecule has 0 aliphatic carbocycles. The van der Waals surface area contributed by atoms with E-state index in [2.05, 4.69) is 15.2 Å². The SMILES string of the molecule is CNS(=O)(=O)c1ccc(CNCc2cc(C)no2)o1. The van der Waals surface area contributed by atoms with E-state index >= 15 is 0 Å². The largest absolute Gasteiger partial charge is 0.447 e. The molecule has 2 aromatic heterocycles. The van der Waals surface area contributed by atoms with Gasteiger partial charge in [-0.25, -0.2) is 13.1 Å². The third-order valence-corrected chi connectivity index (χ3v) is 3.73. The molecule has 19 heavy (non-hydrogen) atoms. The van der Waals surface area contributed by atoms with Gasteiger partial charge in [-0.1, -0.05) is 5.16 Å². The third kappa shape index (κ3) is 3.43. The van der Waals surface area contributed by atoms with E-state index in [-0.39, 0.29) is 5.09 Å². The van der Waals surface area contributed by atoms with Crippen molar-refractivity contribution in [2.45, 2.75) is 25.1 Å². The lowest BCUT2D eigenvalue weighted by Crippen LogP contribution is -2.17.